The van der Waals surface area contributed by atoms with E-state index in [9.17, 15) is 23.1 Å². The van der Waals surface area contributed by atoms with Gasteiger partial charge in [-0.1, -0.05) is 6.07 Å². The molecule has 0 radical (unpaired) electrons. The molecule has 1 aromatic carbocycles. The third-order valence-corrected chi connectivity index (χ3v) is 4.95. The normalized spacial score (nSPS) is 24.2. The monoisotopic (exact) mass is 343 g/mol. The summed E-state index contributed by atoms with van der Waals surface area (Å²) in [5.74, 6) is -0.416. The lowest BCUT2D eigenvalue weighted by Gasteiger charge is -2.46. The van der Waals surface area contributed by atoms with Crippen LogP contribution in [0.4, 0.5) is 13.2 Å². The van der Waals surface area contributed by atoms with Crippen molar-refractivity contribution in [3.8, 4) is 0 Å². The van der Waals surface area contributed by atoms with Crippen molar-refractivity contribution < 1.29 is 27.8 Å². The largest absolute Gasteiger partial charge is 0.416 e. The number of likely N-dealkylation sites (tertiary alicyclic amines) is 1. The minimum absolute atomic E-state index is 0.0332. The van der Waals surface area contributed by atoms with E-state index in [1.165, 1.54) is 17.0 Å². The van der Waals surface area contributed by atoms with Crippen molar-refractivity contribution in [2.24, 2.45) is 0 Å². The predicted octanol–water partition coefficient (Wildman–Crippen LogP) is 2.85. The summed E-state index contributed by atoms with van der Waals surface area (Å²) in [4.78, 5) is 14.0. The highest BCUT2D eigenvalue weighted by Crippen LogP contribution is 2.36. The van der Waals surface area contributed by atoms with Gasteiger partial charge in [-0.3, -0.25) is 4.79 Å². The van der Waals surface area contributed by atoms with Crippen molar-refractivity contribution in [2.45, 2.75) is 43.6 Å². The first-order valence-corrected chi connectivity index (χ1v) is 8.10. The second-order valence-corrected chi connectivity index (χ2v) is 6.44. The minimum atomic E-state index is -4.47. The van der Waals surface area contributed by atoms with Gasteiger partial charge < -0.3 is 14.7 Å². The first-order chi connectivity index (χ1) is 11.3. The van der Waals surface area contributed by atoms with Crippen LogP contribution in [0.1, 0.15) is 41.6 Å². The Labute approximate surface area is 138 Å². The Hall–Kier alpha value is -1.60. The lowest BCUT2D eigenvalue weighted by atomic mass is 9.82. The fourth-order valence-corrected chi connectivity index (χ4v) is 3.49. The average molecular weight is 343 g/mol. The molecule has 0 unspecified atom stereocenters. The fourth-order valence-electron chi connectivity index (χ4n) is 3.49. The van der Waals surface area contributed by atoms with E-state index in [1.54, 1.807) is 0 Å². The zero-order chi connectivity index (χ0) is 17.4. The Morgan fingerprint density at radius 3 is 2.62 bits per heavy atom. The average Bonchev–Trinajstić information content (AvgIpc) is 2.57. The third kappa shape index (κ3) is 3.28. The van der Waals surface area contributed by atoms with E-state index in [4.69, 9.17) is 4.74 Å². The summed E-state index contributed by atoms with van der Waals surface area (Å²) in [5, 5.41) is 10.2. The smallest absolute Gasteiger partial charge is 0.390 e. The Morgan fingerprint density at radius 1 is 1.29 bits per heavy atom. The summed E-state index contributed by atoms with van der Waals surface area (Å²) in [6, 6.07) is 4.48. The highest BCUT2D eigenvalue weighted by molar-refractivity contribution is 5.94. The number of amides is 1. The number of hydrogen-bond acceptors (Lipinski definition) is 3. The second kappa shape index (κ2) is 6.37. The van der Waals surface area contributed by atoms with Gasteiger partial charge in [0.05, 0.1) is 17.3 Å². The zero-order valence-electron chi connectivity index (χ0n) is 13.2. The first-order valence-electron chi connectivity index (χ1n) is 8.10. The molecule has 0 bridgehead atoms. The molecule has 24 heavy (non-hydrogen) atoms. The molecule has 1 spiro atoms. The molecule has 0 aromatic heterocycles. The Balaban J connectivity index is 1.69. The van der Waals surface area contributed by atoms with Crippen LogP contribution < -0.4 is 0 Å². The molecule has 3 rings (SSSR count). The molecule has 1 amide bonds. The molecule has 4 nitrogen and oxygen atoms in total. The molecule has 1 N–H and O–H groups in total. The quantitative estimate of drug-likeness (QED) is 0.853. The number of piperidine rings is 1. The number of aliphatic hydroxyl groups is 1. The number of ether oxygens (including phenoxy) is 1. The van der Waals surface area contributed by atoms with Crippen LogP contribution >= 0.6 is 0 Å². The summed E-state index contributed by atoms with van der Waals surface area (Å²) in [7, 11) is 0. The lowest BCUT2D eigenvalue weighted by molar-refractivity contribution is -0.174. The number of alkyl halides is 3. The van der Waals surface area contributed by atoms with Crippen LogP contribution in [0, 0.1) is 0 Å². The number of aliphatic hydroxyl groups excluding tert-OH is 1. The molecule has 2 fully saturated rings. The van der Waals surface area contributed by atoms with E-state index in [2.05, 4.69) is 0 Å². The summed E-state index contributed by atoms with van der Waals surface area (Å²) >= 11 is 0. The highest BCUT2D eigenvalue weighted by Gasteiger charge is 2.44. The predicted molar refractivity (Wildman–Crippen MR) is 80.5 cm³/mol. The van der Waals surface area contributed by atoms with Crippen LogP contribution in [0.15, 0.2) is 24.3 Å². The van der Waals surface area contributed by atoms with Gasteiger partial charge in [0.15, 0.2) is 0 Å². The van der Waals surface area contributed by atoms with Crippen molar-refractivity contribution in [2.75, 3.05) is 19.7 Å². The van der Waals surface area contributed by atoms with Gasteiger partial charge in [-0.05, 0) is 43.9 Å². The van der Waals surface area contributed by atoms with E-state index < -0.39 is 29.4 Å². The maximum atomic E-state index is 12.8. The molecule has 1 atom stereocenters. The van der Waals surface area contributed by atoms with Gasteiger partial charge >= 0.3 is 6.18 Å². The minimum Gasteiger partial charge on any atom is -0.390 e. The van der Waals surface area contributed by atoms with Gasteiger partial charge in [-0.15, -0.1) is 0 Å². The van der Waals surface area contributed by atoms with Gasteiger partial charge in [0, 0.05) is 25.3 Å². The zero-order valence-corrected chi connectivity index (χ0v) is 13.2. The molecular weight excluding hydrogens is 323 g/mol. The SMILES string of the molecule is O=C(c1cccc(C(F)(F)F)c1)N1CCC2(CC1)OCCC[C@@H]2O. The number of halogens is 3. The van der Waals surface area contributed by atoms with E-state index >= 15 is 0 Å². The Bertz CT molecular complexity index is 609. The van der Waals surface area contributed by atoms with Crippen LogP contribution in [-0.4, -0.2) is 47.3 Å². The van der Waals surface area contributed by atoms with Gasteiger partial charge in [0.1, 0.15) is 0 Å². The number of carbonyl (C=O) groups excluding carboxylic acids is 1. The Morgan fingerprint density at radius 2 is 2.00 bits per heavy atom. The Kier molecular flexibility index (Phi) is 4.57. The maximum absolute atomic E-state index is 12.8. The molecule has 2 saturated heterocycles. The molecule has 7 heteroatoms. The van der Waals surface area contributed by atoms with Crippen molar-refractivity contribution in [3.63, 3.8) is 0 Å². The van der Waals surface area contributed by atoms with Crippen LogP contribution in [-0.2, 0) is 10.9 Å². The van der Waals surface area contributed by atoms with Crippen molar-refractivity contribution in [3.05, 3.63) is 35.4 Å². The second-order valence-electron chi connectivity index (χ2n) is 6.44. The number of nitrogens with zero attached hydrogens (tertiary/aromatic N) is 1. The molecule has 0 aliphatic carbocycles. The molecule has 132 valence electrons. The van der Waals surface area contributed by atoms with Gasteiger partial charge in [0.25, 0.3) is 5.91 Å². The van der Waals surface area contributed by atoms with Gasteiger partial charge in [0.2, 0.25) is 0 Å². The number of carbonyl (C=O) groups is 1. The molecular formula is C17H20F3NO3. The number of rotatable bonds is 1. The molecule has 2 aliphatic rings. The van der Waals surface area contributed by atoms with Crippen molar-refractivity contribution in [1.82, 2.24) is 4.90 Å². The summed E-state index contributed by atoms with van der Waals surface area (Å²) in [5.41, 5.74) is -1.40. The van der Waals surface area contributed by atoms with E-state index in [0.29, 0.717) is 39.0 Å². The molecule has 1 aromatic rings. The fraction of sp³-hybridized carbons (Fsp3) is 0.588. The number of benzene rings is 1. The van der Waals surface area contributed by atoms with Gasteiger partial charge in [-0.25, -0.2) is 0 Å². The topological polar surface area (TPSA) is 49.8 Å². The summed E-state index contributed by atoms with van der Waals surface area (Å²) in [6.07, 6.45) is -2.52. The first kappa shape index (κ1) is 17.2. The summed E-state index contributed by atoms with van der Waals surface area (Å²) in [6.45, 7) is 1.33. The van der Waals surface area contributed by atoms with E-state index in [1.807, 2.05) is 0 Å². The molecule has 2 heterocycles. The van der Waals surface area contributed by atoms with Crippen LogP contribution in [0.5, 0.6) is 0 Å². The summed E-state index contributed by atoms with van der Waals surface area (Å²) < 4.78 is 44.1. The molecule has 0 saturated carbocycles. The van der Waals surface area contributed by atoms with Crippen molar-refractivity contribution >= 4 is 5.91 Å². The van der Waals surface area contributed by atoms with Crippen molar-refractivity contribution in [1.29, 1.82) is 0 Å². The van der Waals surface area contributed by atoms with Crippen LogP contribution in [0.3, 0.4) is 0 Å². The van der Waals surface area contributed by atoms with Crippen LogP contribution in [0.25, 0.3) is 0 Å². The lowest BCUT2D eigenvalue weighted by Crippen LogP contribution is -2.56. The third-order valence-electron chi connectivity index (χ3n) is 4.95. The van der Waals surface area contributed by atoms with Gasteiger partial charge in [-0.2, -0.15) is 13.2 Å². The van der Waals surface area contributed by atoms with E-state index in [-0.39, 0.29) is 5.56 Å². The molecule has 2 aliphatic heterocycles. The highest BCUT2D eigenvalue weighted by atomic mass is 19.4. The number of hydrogen-bond donors (Lipinski definition) is 1. The van der Waals surface area contributed by atoms with E-state index in [0.717, 1.165) is 18.6 Å². The van der Waals surface area contributed by atoms with Crippen LogP contribution in [0.2, 0.25) is 0 Å². The standard InChI is InChI=1S/C17H20F3NO3/c18-17(19,20)13-4-1-3-12(11-13)15(23)21-8-6-16(7-9-21)14(22)5-2-10-24-16/h1,3-4,11,14,22H,2,5-10H2/t14-/m0/s1. The maximum Gasteiger partial charge on any atom is 0.416 e.